The number of nitrogens with zero attached hydrogens (tertiary/aromatic N) is 1. The average molecular weight is 434 g/mol. The van der Waals surface area contributed by atoms with E-state index in [4.69, 9.17) is 9.47 Å². The van der Waals surface area contributed by atoms with Gasteiger partial charge in [-0.05, 0) is 66.2 Å². The number of rotatable bonds is 6. The molecule has 2 amide bonds. The normalized spacial score (nSPS) is 17.8. The Hall–Kier alpha value is -3.87. The van der Waals surface area contributed by atoms with Crippen LogP contribution in [0.5, 0.6) is 11.5 Å². The van der Waals surface area contributed by atoms with Crippen molar-refractivity contribution in [2.75, 3.05) is 24.4 Å². The number of amides is 2. The molecule has 1 fully saturated rings. The molecule has 0 radical (unpaired) electrons. The van der Waals surface area contributed by atoms with E-state index in [1.54, 1.807) is 55.5 Å². The molecule has 1 N–H and O–H groups in total. The molecule has 3 aromatic rings. The molecular formula is C25H23FN2O4. The predicted octanol–water partition coefficient (Wildman–Crippen LogP) is 4.58. The van der Waals surface area contributed by atoms with Crippen LogP contribution in [0.1, 0.15) is 18.0 Å². The van der Waals surface area contributed by atoms with E-state index in [9.17, 15) is 14.0 Å². The van der Waals surface area contributed by atoms with Crippen LogP contribution in [0, 0.1) is 11.7 Å². The lowest BCUT2D eigenvalue weighted by molar-refractivity contribution is -0.122. The van der Waals surface area contributed by atoms with Crippen LogP contribution in [0.3, 0.4) is 0 Å². The van der Waals surface area contributed by atoms with Crippen molar-refractivity contribution < 1.29 is 23.5 Å². The van der Waals surface area contributed by atoms with Gasteiger partial charge in [0.2, 0.25) is 11.8 Å². The summed E-state index contributed by atoms with van der Waals surface area (Å²) in [6, 6.07) is 19.5. The summed E-state index contributed by atoms with van der Waals surface area (Å²) in [4.78, 5) is 27.9. The molecular weight excluding hydrogens is 411 g/mol. The molecule has 0 aliphatic carbocycles. The molecule has 1 aliphatic rings. The van der Waals surface area contributed by atoms with Crippen LogP contribution in [0.25, 0.3) is 0 Å². The Morgan fingerprint density at radius 1 is 0.906 bits per heavy atom. The molecule has 1 heterocycles. The lowest BCUT2D eigenvalue weighted by atomic mass is 9.92. The van der Waals surface area contributed by atoms with E-state index in [1.807, 2.05) is 12.1 Å². The first-order chi connectivity index (χ1) is 15.5. The molecule has 4 rings (SSSR count). The maximum atomic E-state index is 13.2. The van der Waals surface area contributed by atoms with Crippen LogP contribution in [-0.4, -0.2) is 26.0 Å². The molecule has 7 heteroatoms. The Balaban J connectivity index is 1.69. The highest BCUT2D eigenvalue weighted by atomic mass is 19.1. The summed E-state index contributed by atoms with van der Waals surface area (Å²) in [6.45, 7) is 0. The van der Waals surface area contributed by atoms with Crippen LogP contribution >= 0.6 is 0 Å². The van der Waals surface area contributed by atoms with Gasteiger partial charge in [0.15, 0.2) is 0 Å². The number of carbonyl (C=O) groups is 2. The number of anilines is 2. The minimum Gasteiger partial charge on any atom is -0.497 e. The number of hydrogen-bond acceptors (Lipinski definition) is 4. The van der Waals surface area contributed by atoms with Crippen molar-refractivity contribution in [2.24, 2.45) is 5.92 Å². The quantitative estimate of drug-likeness (QED) is 0.617. The van der Waals surface area contributed by atoms with Gasteiger partial charge in [0.1, 0.15) is 17.3 Å². The molecule has 1 saturated heterocycles. The second-order valence-electron chi connectivity index (χ2n) is 7.49. The van der Waals surface area contributed by atoms with Crippen molar-refractivity contribution in [1.82, 2.24) is 0 Å². The molecule has 1 aliphatic heterocycles. The van der Waals surface area contributed by atoms with Gasteiger partial charge in [0.05, 0.1) is 26.2 Å². The topological polar surface area (TPSA) is 67.9 Å². The molecule has 0 spiro atoms. The Kier molecular flexibility index (Phi) is 6.07. The second kappa shape index (κ2) is 9.09. The van der Waals surface area contributed by atoms with E-state index in [0.29, 0.717) is 22.9 Å². The van der Waals surface area contributed by atoms with Gasteiger partial charge in [-0.3, -0.25) is 9.59 Å². The van der Waals surface area contributed by atoms with E-state index < -0.39 is 12.0 Å². The molecule has 32 heavy (non-hydrogen) atoms. The van der Waals surface area contributed by atoms with Crippen LogP contribution in [0.4, 0.5) is 15.8 Å². The molecule has 2 atom stereocenters. The Labute approximate surface area is 185 Å². The van der Waals surface area contributed by atoms with E-state index in [0.717, 1.165) is 5.56 Å². The third-order valence-corrected chi connectivity index (χ3v) is 5.58. The SMILES string of the molecule is COc1ccc([C@@H]2[C@@H](C(=O)Nc3ccc(F)cc3)CC(=O)N2c2ccc(OC)cc2)cc1. The standard InChI is InChI=1S/C25H23FN2O4/c1-31-20-11-3-16(4-12-20)24-22(25(30)27-18-7-5-17(26)6-8-18)15-23(29)28(24)19-9-13-21(32-2)14-10-19/h3-14,22,24H,15H2,1-2H3,(H,27,30)/t22-,24+/m0/s1. The van der Waals surface area contributed by atoms with Gasteiger partial charge in [-0.1, -0.05) is 12.1 Å². The maximum absolute atomic E-state index is 13.2. The molecule has 0 aromatic heterocycles. The number of benzene rings is 3. The minimum atomic E-state index is -0.636. The maximum Gasteiger partial charge on any atom is 0.230 e. The minimum absolute atomic E-state index is 0.0513. The van der Waals surface area contributed by atoms with Crippen LogP contribution in [0.2, 0.25) is 0 Å². The Morgan fingerprint density at radius 3 is 2.03 bits per heavy atom. The fourth-order valence-electron chi connectivity index (χ4n) is 3.97. The summed E-state index contributed by atoms with van der Waals surface area (Å²) in [7, 11) is 3.16. The van der Waals surface area contributed by atoms with Crippen LogP contribution in [-0.2, 0) is 9.59 Å². The summed E-state index contributed by atoms with van der Waals surface area (Å²) in [5.41, 5.74) is 1.96. The van der Waals surface area contributed by atoms with Crippen molar-refractivity contribution in [3.63, 3.8) is 0 Å². The predicted molar refractivity (Wildman–Crippen MR) is 119 cm³/mol. The monoisotopic (exact) mass is 434 g/mol. The lowest BCUT2D eigenvalue weighted by Gasteiger charge is -2.28. The Bertz CT molecular complexity index is 1100. The largest absolute Gasteiger partial charge is 0.497 e. The Morgan fingerprint density at radius 2 is 1.47 bits per heavy atom. The number of methoxy groups -OCH3 is 2. The highest BCUT2D eigenvalue weighted by molar-refractivity contribution is 6.04. The van der Waals surface area contributed by atoms with Crippen molar-refractivity contribution in [3.8, 4) is 11.5 Å². The zero-order chi connectivity index (χ0) is 22.7. The summed E-state index contributed by atoms with van der Waals surface area (Å²) in [6.07, 6.45) is 0.0513. The highest BCUT2D eigenvalue weighted by Crippen LogP contribution is 2.42. The van der Waals surface area contributed by atoms with E-state index in [-0.39, 0.29) is 24.1 Å². The van der Waals surface area contributed by atoms with Gasteiger partial charge in [0.25, 0.3) is 0 Å². The summed E-state index contributed by atoms with van der Waals surface area (Å²) in [5, 5.41) is 2.82. The molecule has 164 valence electrons. The molecule has 0 saturated carbocycles. The van der Waals surface area contributed by atoms with E-state index in [2.05, 4.69) is 5.32 Å². The van der Waals surface area contributed by atoms with Gasteiger partial charge in [-0.25, -0.2) is 4.39 Å². The first kappa shape index (κ1) is 21.4. The third-order valence-electron chi connectivity index (χ3n) is 5.58. The smallest absolute Gasteiger partial charge is 0.230 e. The molecule has 6 nitrogen and oxygen atoms in total. The first-order valence-corrected chi connectivity index (χ1v) is 10.2. The van der Waals surface area contributed by atoms with Gasteiger partial charge < -0.3 is 19.7 Å². The van der Waals surface area contributed by atoms with Crippen molar-refractivity contribution >= 4 is 23.2 Å². The lowest BCUT2D eigenvalue weighted by Crippen LogP contribution is -2.32. The zero-order valence-corrected chi connectivity index (χ0v) is 17.7. The van der Waals surface area contributed by atoms with Crippen molar-refractivity contribution in [1.29, 1.82) is 0 Å². The molecule has 0 bridgehead atoms. The fourth-order valence-corrected chi connectivity index (χ4v) is 3.97. The molecule has 3 aromatic carbocycles. The highest BCUT2D eigenvalue weighted by Gasteiger charge is 2.45. The van der Waals surface area contributed by atoms with E-state index in [1.165, 1.54) is 24.3 Å². The van der Waals surface area contributed by atoms with Crippen molar-refractivity contribution in [2.45, 2.75) is 12.5 Å². The van der Waals surface area contributed by atoms with Crippen molar-refractivity contribution in [3.05, 3.63) is 84.2 Å². The van der Waals surface area contributed by atoms with E-state index >= 15 is 0 Å². The van der Waals surface area contributed by atoms with Gasteiger partial charge in [-0.15, -0.1) is 0 Å². The fraction of sp³-hybridized carbons (Fsp3) is 0.200. The third kappa shape index (κ3) is 4.27. The van der Waals surface area contributed by atoms with Crippen LogP contribution < -0.4 is 19.7 Å². The summed E-state index contributed by atoms with van der Waals surface area (Å²) in [5.74, 6) is -0.130. The number of hydrogen-bond donors (Lipinski definition) is 1. The van der Waals surface area contributed by atoms with Gasteiger partial charge >= 0.3 is 0 Å². The number of halogens is 1. The summed E-state index contributed by atoms with van der Waals surface area (Å²) >= 11 is 0. The first-order valence-electron chi connectivity index (χ1n) is 10.2. The number of ether oxygens (including phenoxy) is 2. The number of carbonyl (C=O) groups excluding carboxylic acids is 2. The molecule has 0 unspecified atom stereocenters. The summed E-state index contributed by atoms with van der Waals surface area (Å²) < 4.78 is 23.7. The number of nitrogens with one attached hydrogen (secondary N) is 1. The van der Waals surface area contributed by atoms with Gasteiger partial charge in [-0.2, -0.15) is 0 Å². The average Bonchev–Trinajstić information content (AvgIpc) is 3.17. The zero-order valence-electron chi connectivity index (χ0n) is 17.7. The van der Waals surface area contributed by atoms with Crippen LogP contribution in [0.15, 0.2) is 72.8 Å². The second-order valence-corrected chi connectivity index (χ2v) is 7.49. The van der Waals surface area contributed by atoms with Gasteiger partial charge in [0, 0.05) is 17.8 Å².